The number of nitrogens with one attached hydrogen (secondary N) is 1. The number of rotatable bonds is 8. The molecule has 172 valence electrons. The van der Waals surface area contributed by atoms with Crippen molar-refractivity contribution < 1.29 is 19.1 Å². The molecule has 0 aromatic heterocycles. The minimum absolute atomic E-state index is 0.0426. The van der Waals surface area contributed by atoms with Gasteiger partial charge in [-0.25, -0.2) is 4.79 Å². The second-order valence-electron chi connectivity index (χ2n) is 8.37. The fourth-order valence-corrected chi connectivity index (χ4v) is 4.33. The molecule has 32 heavy (non-hydrogen) atoms. The Morgan fingerprint density at radius 1 is 1.06 bits per heavy atom. The minimum Gasteiger partial charge on any atom is -0.490 e. The van der Waals surface area contributed by atoms with Gasteiger partial charge in [-0.2, -0.15) is 0 Å². The van der Waals surface area contributed by atoms with Gasteiger partial charge in [0, 0.05) is 10.7 Å². The molecule has 0 bridgehead atoms. The number of halogens is 1. The van der Waals surface area contributed by atoms with Crippen LogP contribution in [0.1, 0.15) is 75.2 Å². The number of amides is 1. The molecule has 5 nitrogen and oxygen atoms in total. The van der Waals surface area contributed by atoms with Gasteiger partial charge in [-0.05, 0) is 69.0 Å². The van der Waals surface area contributed by atoms with Gasteiger partial charge in [0.05, 0.1) is 18.1 Å². The van der Waals surface area contributed by atoms with Gasteiger partial charge in [-0.15, -0.1) is 0 Å². The van der Waals surface area contributed by atoms with E-state index < -0.39 is 11.4 Å². The molecule has 0 saturated heterocycles. The number of hydrogen-bond acceptors (Lipinski definition) is 4. The minimum atomic E-state index is -0.612. The van der Waals surface area contributed by atoms with Crippen molar-refractivity contribution in [2.24, 2.45) is 0 Å². The molecule has 0 radical (unpaired) electrons. The summed E-state index contributed by atoms with van der Waals surface area (Å²) >= 11 is 6.08. The molecule has 0 spiro atoms. The Balaban J connectivity index is 1.91. The number of hydrogen-bond donors (Lipinski definition) is 1. The predicted octanol–water partition coefficient (Wildman–Crippen LogP) is 6.53. The lowest BCUT2D eigenvalue weighted by Gasteiger charge is -2.36. The first-order chi connectivity index (χ1) is 15.4. The highest BCUT2D eigenvalue weighted by molar-refractivity contribution is 6.30. The van der Waals surface area contributed by atoms with Crippen molar-refractivity contribution in [2.45, 2.75) is 70.8 Å². The van der Waals surface area contributed by atoms with E-state index in [0.717, 1.165) is 44.1 Å². The normalized spacial score (nSPS) is 16.1. The van der Waals surface area contributed by atoms with Crippen LogP contribution in [0.25, 0.3) is 0 Å². The van der Waals surface area contributed by atoms with Crippen LogP contribution in [-0.4, -0.2) is 24.6 Å². The molecule has 2 aromatic carbocycles. The van der Waals surface area contributed by atoms with Crippen LogP contribution >= 0.6 is 11.6 Å². The molecule has 1 atom stereocenters. The van der Waals surface area contributed by atoms with Gasteiger partial charge in [-0.3, -0.25) is 4.79 Å². The van der Waals surface area contributed by atoms with Gasteiger partial charge in [0.25, 0.3) is 0 Å². The van der Waals surface area contributed by atoms with Gasteiger partial charge in [0.1, 0.15) is 11.3 Å². The molecule has 3 rings (SSSR count). The van der Waals surface area contributed by atoms with Crippen molar-refractivity contribution in [2.75, 3.05) is 11.9 Å². The summed E-state index contributed by atoms with van der Waals surface area (Å²) in [6.07, 6.45) is 5.43. The highest BCUT2D eigenvalue weighted by Gasteiger charge is 2.41. The average Bonchev–Trinajstić information content (AvgIpc) is 2.80. The fraction of sp³-hybridized carbons (Fsp3) is 0.462. The van der Waals surface area contributed by atoms with E-state index in [1.807, 2.05) is 38.1 Å². The predicted molar refractivity (Wildman–Crippen MR) is 128 cm³/mol. The van der Waals surface area contributed by atoms with E-state index in [1.165, 1.54) is 0 Å². The Bertz CT molecular complexity index is 935. The second kappa shape index (κ2) is 10.9. The van der Waals surface area contributed by atoms with Gasteiger partial charge < -0.3 is 14.8 Å². The molecule has 1 aliphatic rings. The zero-order valence-electron chi connectivity index (χ0n) is 19.1. The molecule has 0 aliphatic heterocycles. The van der Waals surface area contributed by atoms with E-state index in [-0.39, 0.29) is 18.6 Å². The Labute approximate surface area is 195 Å². The fourth-order valence-electron chi connectivity index (χ4n) is 4.20. The Morgan fingerprint density at radius 2 is 1.75 bits per heavy atom. The number of ether oxygens (including phenoxy) is 2. The number of carbonyl (C=O) groups excluding carboxylic acids is 2. The molecular weight excluding hydrogens is 426 g/mol. The van der Waals surface area contributed by atoms with E-state index in [4.69, 9.17) is 21.1 Å². The van der Waals surface area contributed by atoms with Gasteiger partial charge in [0.2, 0.25) is 5.91 Å². The van der Waals surface area contributed by atoms with Crippen LogP contribution in [0, 0.1) is 0 Å². The second-order valence-corrected chi connectivity index (χ2v) is 8.81. The lowest BCUT2D eigenvalue weighted by atomic mass is 9.68. The Kier molecular flexibility index (Phi) is 8.19. The zero-order valence-corrected chi connectivity index (χ0v) is 19.8. The van der Waals surface area contributed by atoms with Crippen LogP contribution in [0.5, 0.6) is 5.75 Å². The van der Waals surface area contributed by atoms with Gasteiger partial charge >= 0.3 is 5.97 Å². The third-order valence-electron chi connectivity index (χ3n) is 6.17. The third-order valence-corrected chi connectivity index (χ3v) is 6.43. The Morgan fingerprint density at radius 3 is 2.38 bits per heavy atom. The summed E-state index contributed by atoms with van der Waals surface area (Å²) in [4.78, 5) is 26.2. The third kappa shape index (κ3) is 5.44. The molecular formula is C26H32ClNO4. The Hall–Kier alpha value is -2.53. The molecule has 0 heterocycles. The molecule has 1 aliphatic carbocycles. The molecule has 1 unspecified atom stereocenters. The largest absolute Gasteiger partial charge is 0.490 e. The summed E-state index contributed by atoms with van der Waals surface area (Å²) in [5.74, 6) is -0.0715. The van der Waals surface area contributed by atoms with Crippen molar-refractivity contribution in [1.82, 2.24) is 0 Å². The van der Waals surface area contributed by atoms with Crippen LogP contribution in [0.2, 0.25) is 5.02 Å². The molecule has 1 saturated carbocycles. The SMILES string of the molecule is CCOC(=O)c1cc(NC(=O)C2(c3ccc(Cl)cc3)CCCCC2)ccc1OC(C)CC. The maximum Gasteiger partial charge on any atom is 0.341 e. The van der Waals surface area contributed by atoms with Crippen LogP contribution in [0.15, 0.2) is 42.5 Å². The van der Waals surface area contributed by atoms with Crippen LogP contribution in [0.3, 0.4) is 0 Å². The smallest absolute Gasteiger partial charge is 0.341 e. The van der Waals surface area contributed by atoms with E-state index in [0.29, 0.717) is 22.0 Å². The molecule has 1 fully saturated rings. The zero-order chi connectivity index (χ0) is 23.1. The maximum atomic E-state index is 13.6. The quantitative estimate of drug-likeness (QED) is 0.457. The first-order valence-electron chi connectivity index (χ1n) is 11.4. The summed E-state index contributed by atoms with van der Waals surface area (Å²) in [5.41, 5.74) is 1.22. The van der Waals surface area contributed by atoms with Gasteiger partial charge in [-0.1, -0.05) is 49.9 Å². The van der Waals surface area contributed by atoms with Crippen molar-refractivity contribution in [3.8, 4) is 5.75 Å². The number of anilines is 1. The number of carbonyl (C=O) groups is 2. The summed E-state index contributed by atoms with van der Waals surface area (Å²) in [6.45, 7) is 5.99. The van der Waals surface area contributed by atoms with Crippen molar-refractivity contribution >= 4 is 29.2 Å². The van der Waals surface area contributed by atoms with E-state index in [2.05, 4.69) is 5.32 Å². The molecule has 2 aromatic rings. The van der Waals surface area contributed by atoms with Crippen molar-refractivity contribution in [3.05, 3.63) is 58.6 Å². The number of benzene rings is 2. The summed E-state index contributed by atoms with van der Waals surface area (Å²) < 4.78 is 11.1. The lowest BCUT2D eigenvalue weighted by Crippen LogP contribution is -2.42. The molecule has 1 N–H and O–H groups in total. The number of esters is 1. The van der Waals surface area contributed by atoms with Crippen LogP contribution in [0.4, 0.5) is 5.69 Å². The summed E-state index contributed by atoms with van der Waals surface area (Å²) in [7, 11) is 0. The highest BCUT2D eigenvalue weighted by atomic mass is 35.5. The van der Waals surface area contributed by atoms with E-state index in [9.17, 15) is 9.59 Å². The molecule has 1 amide bonds. The van der Waals surface area contributed by atoms with E-state index >= 15 is 0 Å². The van der Waals surface area contributed by atoms with Crippen LogP contribution < -0.4 is 10.1 Å². The van der Waals surface area contributed by atoms with E-state index in [1.54, 1.807) is 25.1 Å². The summed E-state index contributed by atoms with van der Waals surface area (Å²) in [5, 5.41) is 3.71. The highest BCUT2D eigenvalue weighted by Crippen LogP contribution is 2.41. The first-order valence-corrected chi connectivity index (χ1v) is 11.8. The average molecular weight is 458 g/mol. The molecule has 6 heteroatoms. The monoisotopic (exact) mass is 457 g/mol. The van der Waals surface area contributed by atoms with Crippen LogP contribution in [-0.2, 0) is 14.9 Å². The topological polar surface area (TPSA) is 64.6 Å². The lowest BCUT2D eigenvalue weighted by molar-refractivity contribution is -0.122. The van der Waals surface area contributed by atoms with Gasteiger partial charge in [0.15, 0.2) is 0 Å². The van der Waals surface area contributed by atoms with Crippen molar-refractivity contribution in [3.63, 3.8) is 0 Å². The maximum absolute atomic E-state index is 13.6. The van der Waals surface area contributed by atoms with Crippen molar-refractivity contribution in [1.29, 1.82) is 0 Å². The first kappa shape index (κ1) is 24.1. The summed E-state index contributed by atoms with van der Waals surface area (Å²) in [6, 6.07) is 12.7. The standard InChI is InChI=1S/C26H32ClNO4/c1-4-18(3)32-23-14-13-21(17-22(23)24(29)31-5-2)28-25(30)26(15-7-6-8-16-26)19-9-11-20(27)12-10-19/h9-14,17-18H,4-8,15-16H2,1-3H3,(H,28,30).